The summed E-state index contributed by atoms with van der Waals surface area (Å²) in [5.74, 6) is 0. The second kappa shape index (κ2) is 7.16. The highest BCUT2D eigenvalue weighted by molar-refractivity contribution is 5.77. The van der Waals surface area contributed by atoms with Gasteiger partial charge >= 0.3 is 0 Å². The number of ether oxygens (including phenoxy) is 1. The summed E-state index contributed by atoms with van der Waals surface area (Å²) in [6.07, 6.45) is 15.1. The average Bonchev–Trinajstić information content (AvgIpc) is 3.32. The molecule has 1 atom stereocenters. The molecule has 28 heavy (non-hydrogen) atoms. The first-order valence-electron chi connectivity index (χ1n) is 9.68. The molecule has 4 aromatic heterocycles. The molecule has 0 radical (unpaired) electrons. The Bertz CT molecular complexity index is 1090. The lowest BCUT2D eigenvalue weighted by molar-refractivity contribution is 0.00400. The maximum atomic E-state index is 5.85. The van der Waals surface area contributed by atoms with E-state index in [9.17, 15) is 0 Å². The van der Waals surface area contributed by atoms with Crippen molar-refractivity contribution in [2.24, 2.45) is 0 Å². The number of fused-ring (bicyclic) bond motifs is 1. The Morgan fingerprint density at radius 1 is 1.14 bits per heavy atom. The zero-order valence-electron chi connectivity index (χ0n) is 15.8. The Morgan fingerprint density at radius 2 is 2.04 bits per heavy atom. The summed E-state index contributed by atoms with van der Waals surface area (Å²) in [5, 5.41) is 4.57. The molecule has 1 aliphatic rings. The number of imidazole rings is 1. The van der Waals surface area contributed by atoms with E-state index in [1.165, 1.54) is 6.42 Å². The van der Waals surface area contributed by atoms with Crippen molar-refractivity contribution in [1.82, 2.24) is 29.1 Å². The highest BCUT2D eigenvalue weighted by Gasteiger charge is 2.18. The van der Waals surface area contributed by atoms with Gasteiger partial charge in [0.15, 0.2) is 5.65 Å². The first-order valence-corrected chi connectivity index (χ1v) is 9.68. The largest absolute Gasteiger partial charge is 0.376 e. The molecule has 5 heterocycles. The van der Waals surface area contributed by atoms with Gasteiger partial charge < -0.3 is 4.74 Å². The van der Waals surface area contributed by atoms with Crippen LogP contribution in [0.4, 0.5) is 0 Å². The summed E-state index contributed by atoms with van der Waals surface area (Å²) in [6.45, 7) is 3.68. The third-order valence-electron chi connectivity index (χ3n) is 5.24. The molecule has 4 aromatic rings. The summed E-state index contributed by atoms with van der Waals surface area (Å²) >= 11 is 0. The molecule has 0 bridgehead atoms. The molecule has 1 unspecified atom stereocenters. The van der Waals surface area contributed by atoms with E-state index in [0.717, 1.165) is 59.8 Å². The van der Waals surface area contributed by atoms with Crippen LogP contribution in [-0.2, 0) is 11.3 Å². The van der Waals surface area contributed by atoms with Crippen LogP contribution in [0, 0.1) is 6.92 Å². The van der Waals surface area contributed by atoms with Gasteiger partial charge in [-0.15, -0.1) is 0 Å². The van der Waals surface area contributed by atoms with E-state index in [-0.39, 0.29) is 6.10 Å². The topological polar surface area (TPSA) is 70.1 Å². The van der Waals surface area contributed by atoms with Crippen molar-refractivity contribution in [3.63, 3.8) is 0 Å². The summed E-state index contributed by atoms with van der Waals surface area (Å²) in [4.78, 5) is 13.5. The minimum atomic E-state index is 0.257. The van der Waals surface area contributed by atoms with Crippen LogP contribution >= 0.6 is 0 Å². The molecule has 1 fully saturated rings. The van der Waals surface area contributed by atoms with Gasteiger partial charge in [0.25, 0.3) is 0 Å². The van der Waals surface area contributed by atoms with E-state index in [1.807, 2.05) is 42.3 Å². The second-order valence-corrected chi connectivity index (χ2v) is 7.19. The van der Waals surface area contributed by atoms with Crippen molar-refractivity contribution in [2.75, 3.05) is 6.61 Å². The van der Waals surface area contributed by atoms with Crippen molar-refractivity contribution >= 4 is 5.65 Å². The molecule has 1 aliphatic heterocycles. The fourth-order valence-electron chi connectivity index (χ4n) is 3.90. The lowest BCUT2D eigenvalue weighted by atomic mass is 10.1. The number of hydrogen-bond donors (Lipinski definition) is 0. The maximum absolute atomic E-state index is 5.85. The van der Waals surface area contributed by atoms with Crippen LogP contribution in [0.3, 0.4) is 0 Å². The van der Waals surface area contributed by atoms with Gasteiger partial charge in [-0.25, -0.2) is 4.98 Å². The normalized spacial score (nSPS) is 17.2. The molecule has 7 nitrogen and oxygen atoms in total. The number of aryl methyl sites for hydroxylation is 1. The molecule has 5 rings (SSSR count). The van der Waals surface area contributed by atoms with Gasteiger partial charge in [-0.1, -0.05) is 0 Å². The molecule has 0 aliphatic carbocycles. The minimum Gasteiger partial charge on any atom is -0.376 e. The lowest BCUT2D eigenvalue weighted by Gasteiger charge is -2.22. The van der Waals surface area contributed by atoms with Crippen molar-refractivity contribution in [2.45, 2.75) is 38.8 Å². The lowest BCUT2D eigenvalue weighted by Crippen LogP contribution is -2.24. The van der Waals surface area contributed by atoms with Gasteiger partial charge in [-0.3, -0.25) is 19.1 Å². The Kier molecular flexibility index (Phi) is 4.37. The van der Waals surface area contributed by atoms with Crippen LogP contribution in [0.2, 0.25) is 0 Å². The molecule has 7 heteroatoms. The summed E-state index contributed by atoms with van der Waals surface area (Å²) in [7, 11) is 0. The van der Waals surface area contributed by atoms with Crippen molar-refractivity contribution in [3.8, 4) is 22.5 Å². The predicted molar refractivity (Wildman–Crippen MR) is 106 cm³/mol. The minimum absolute atomic E-state index is 0.257. The predicted octanol–water partition coefficient (Wildman–Crippen LogP) is 3.53. The van der Waals surface area contributed by atoms with Crippen LogP contribution < -0.4 is 0 Å². The van der Waals surface area contributed by atoms with Crippen LogP contribution in [0.25, 0.3) is 28.2 Å². The monoisotopic (exact) mass is 374 g/mol. The number of hydrogen-bond acceptors (Lipinski definition) is 5. The fourth-order valence-corrected chi connectivity index (χ4v) is 3.90. The number of rotatable bonds is 4. The highest BCUT2D eigenvalue weighted by Crippen LogP contribution is 2.29. The summed E-state index contributed by atoms with van der Waals surface area (Å²) in [5.41, 5.74) is 5.74. The molecule has 0 amide bonds. The van der Waals surface area contributed by atoms with Gasteiger partial charge in [-0.2, -0.15) is 5.10 Å². The Hall–Kier alpha value is -3.06. The van der Waals surface area contributed by atoms with E-state index in [0.29, 0.717) is 0 Å². The second-order valence-electron chi connectivity index (χ2n) is 7.19. The van der Waals surface area contributed by atoms with Crippen molar-refractivity contribution in [3.05, 3.63) is 55.0 Å². The molecule has 142 valence electrons. The Morgan fingerprint density at radius 3 is 2.86 bits per heavy atom. The van der Waals surface area contributed by atoms with Gasteiger partial charge in [-0.05, 0) is 38.3 Å². The van der Waals surface area contributed by atoms with Gasteiger partial charge in [0.2, 0.25) is 0 Å². The Labute approximate surface area is 163 Å². The van der Waals surface area contributed by atoms with E-state index in [4.69, 9.17) is 9.72 Å². The third kappa shape index (κ3) is 3.07. The number of aromatic nitrogens is 6. The van der Waals surface area contributed by atoms with Gasteiger partial charge in [0.1, 0.15) is 5.69 Å². The standard InChI is InChI=1S/C21H22N6O/c1-15-20(17-12-24-26(13-17)14-18-4-2-3-11-28-18)27-10-9-23-19(21(27)25-15)16-5-7-22-8-6-16/h5-10,12-13,18H,2-4,11,14H2,1H3. The van der Waals surface area contributed by atoms with E-state index in [1.54, 1.807) is 12.4 Å². The summed E-state index contributed by atoms with van der Waals surface area (Å²) in [6, 6.07) is 3.91. The van der Waals surface area contributed by atoms with Crippen LogP contribution in [-0.4, -0.2) is 41.8 Å². The molecule has 0 spiro atoms. The smallest absolute Gasteiger partial charge is 0.164 e. The molecular formula is C21H22N6O. The van der Waals surface area contributed by atoms with Crippen LogP contribution in [0.15, 0.2) is 49.3 Å². The maximum Gasteiger partial charge on any atom is 0.164 e. The van der Waals surface area contributed by atoms with Crippen molar-refractivity contribution in [1.29, 1.82) is 0 Å². The van der Waals surface area contributed by atoms with E-state index < -0.39 is 0 Å². The summed E-state index contributed by atoms with van der Waals surface area (Å²) < 4.78 is 9.92. The number of pyridine rings is 1. The third-order valence-corrected chi connectivity index (χ3v) is 5.24. The first-order chi connectivity index (χ1) is 13.8. The van der Waals surface area contributed by atoms with Crippen LogP contribution in [0.5, 0.6) is 0 Å². The SMILES string of the molecule is Cc1nc2c(-c3ccncc3)nccn2c1-c1cnn(CC2CCCCO2)c1. The van der Waals surface area contributed by atoms with Crippen molar-refractivity contribution < 1.29 is 4.74 Å². The van der Waals surface area contributed by atoms with Gasteiger partial charge in [0.05, 0.1) is 30.2 Å². The van der Waals surface area contributed by atoms with Gasteiger partial charge in [0, 0.05) is 48.7 Å². The molecule has 0 saturated carbocycles. The van der Waals surface area contributed by atoms with E-state index in [2.05, 4.69) is 25.7 Å². The average molecular weight is 374 g/mol. The molecular weight excluding hydrogens is 352 g/mol. The molecule has 1 saturated heterocycles. The van der Waals surface area contributed by atoms with E-state index >= 15 is 0 Å². The zero-order valence-corrected chi connectivity index (χ0v) is 15.8. The highest BCUT2D eigenvalue weighted by atomic mass is 16.5. The first kappa shape index (κ1) is 17.1. The zero-order chi connectivity index (χ0) is 18.9. The molecule has 0 aromatic carbocycles. The number of nitrogens with zero attached hydrogens (tertiary/aromatic N) is 6. The molecule has 0 N–H and O–H groups in total. The Balaban J connectivity index is 1.52. The fraction of sp³-hybridized carbons (Fsp3) is 0.333. The quantitative estimate of drug-likeness (QED) is 0.546. The van der Waals surface area contributed by atoms with Crippen LogP contribution in [0.1, 0.15) is 25.0 Å².